The van der Waals surface area contributed by atoms with Crippen LogP contribution in [0.2, 0.25) is 5.02 Å². The summed E-state index contributed by atoms with van der Waals surface area (Å²) >= 11 is 6.10. The van der Waals surface area contributed by atoms with Crippen molar-refractivity contribution in [1.29, 1.82) is 0 Å². The van der Waals surface area contributed by atoms with Crippen LogP contribution in [0.15, 0.2) is 22.7 Å². The van der Waals surface area contributed by atoms with E-state index in [4.69, 9.17) is 21.2 Å². The molecule has 0 spiro atoms. The molecule has 21 heavy (non-hydrogen) atoms. The number of rotatable bonds is 7. The Bertz CT molecular complexity index is 584. The minimum absolute atomic E-state index is 0.0221. The number of aliphatic hydroxyl groups is 1. The molecule has 2 aromatic rings. The topological polar surface area (TPSA) is 71.2 Å². The van der Waals surface area contributed by atoms with Crippen LogP contribution in [-0.2, 0) is 19.6 Å². The quantitative estimate of drug-likeness (QED) is 0.820. The van der Waals surface area contributed by atoms with Gasteiger partial charge in [0, 0.05) is 6.42 Å². The predicted molar refractivity (Wildman–Crippen MR) is 82.2 cm³/mol. The van der Waals surface area contributed by atoms with Gasteiger partial charge in [-0.25, -0.2) is 0 Å². The summed E-state index contributed by atoms with van der Waals surface area (Å²) in [5.41, 5.74) is 1.54. The molecule has 1 aromatic heterocycles. The second-order valence-electron chi connectivity index (χ2n) is 5.36. The molecule has 0 saturated heterocycles. The molecule has 0 aliphatic heterocycles. The third-order valence-corrected chi connectivity index (χ3v) is 3.43. The Morgan fingerprint density at radius 2 is 2.19 bits per heavy atom. The maximum absolute atomic E-state index is 9.13. The summed E-state index contributed by atoms with van der Waals surface area (Å²) in [7, 11) is 0. The van der Waals surface area contributed by atoms with Crippen LogP contribution in [0.25, 0.3) is 0 Å². The molecule has 0 bridgehead atoms. The van der Waals surface area contributed by atoms with E-state index < -0.39 is 0 Å². The molecule has 114 valence electrons. The van der Waals surface area contributed by atoms with E-state index in [0.29, 0.717) is 23.4 Å². The summed E-state index contributed by atoms with van der Waals surface area (Å²) in [6, 6.07) is 5.33. The lowest BCUT2D eigenvalue weighted by atomic mass is 10.1. The molecule has 0 aliphatic carbocycles. The maximum atomic E-state index is 9.13. The van der Waals surface area contributed by atoms with Crippen molar-refractivity contribution < 1.29 is 9.63 Å². The van der Waals surface area contributed by atoms with E-state index in [9.17, 15) is 0 Å². The fourth-order valence-corrected chi connectivity index (χ4v) is 2.04. The Balaban J connectivity index is 1.94. The van der Waals surface area contributed by atoms with E-state index in [1.54, 1.807) is 18.2 Å². The molecule has 6 heteroatoms. The number of hydrogen-bond acceptors (Lipinski definition) is 5. The van der Waals surface area contributed by atoms with Gasteiger partial charge in [-0.15, -0.1) is 0 Å². The minimum atomic E-state index is -0.0221. The number of nitrogens with zero attached hydrogens (tertiary/aromatic N) is 2. The van der Waals surface area contributed by atoms with Crippen molar-refractivity contribution >= 4 is 17.3 Å². The largest absolute Gasteiger partial charge is 0.392 e. The summed E-state index contributed by atoms with van der Waals surface area (Å²) in [6.45, 7) is 4.71. The van der Waals surface area contributed by atoms with Crippen LogP contribution in [0.1, 0.15) is 37.5 Å². The summed E-state index contributed by atoms with van der Waals surface area (Å²) in [4.78, 5) is 4.34. The standard InChI is InChI=1S/C15H20ClN3O2/c1-10(2)3-6-14-18-15(21-19-14)8-17-13-7-11(9-20)4-5-12(13)16/h4-5,7,10,17,20H,3,6,8-9H2,1-2H3. The smallest absolute Gasteiger partial charge is 0.245 e. The Kier molecular flexibility index (Phi) is 5.59. The number of aliphatic hydroxyl groups excluding tert-OH is 1. The Labute approximate surface area is 129 Å². The van der Waals surface area contributed by atoms with Gasteiger partial charge in [0.05, 0.1) is 23.9 Å². The highest BCUT2D eigenvalue weighted by Crippen LogP contribution is 2.23. The molecule has 2 rings (SSSR count). The van der Waals surface area contributed by atoms with E-state index >= 15 is 0 Å². The molecular weight excluding hydrogens is 290 g/mol. The van der Waals surface area contributed by atoms with Gasteiger partial charge in [-0.05, 0) is 30.0 Å². The van der Waals surface area contributed by atoms with Crippen molar-refractivity contribution in [3.63, 3.8) is 0 Å². The van der Waals surface area contributed by atoms with E-state index in [1.807, 2.05) is 0 Å². The molecule has 0 saturated carbocycles. The zero-order valence-corrected chi connectivity index (χ0v) is 13.0. The first-order valence-corrected chi connectivity index (χ1v) is 7.41. The van der Waals surface area contributed by atoms with Crippen molar-refractivity contribution in [1.82, 2.24) is 10.1 Å². The zero-order chi connectivity index (χ0) is 15.2. The number of aromatic nitrogens is 2. The van der Waals surface area contributed by atoms with Gasteiger partial charge in [0.25, 0.3) is 0 Å². The Morgan fingerprint density at radius 1 is 1.38 bits per heavy atom. The van der Waals surface area contributed by atoms with Crippen molar-refractivity contribution in [3.8, 4) is 0 Å². The Morgan fingerprint density at radius 3 is 2.90 bits per heavy atom. The summed E-state index contributed by atoms with van der Waals surface area (Å²) in [5, 5.41) is 16.8. The Hall–Kier alpha value is -1.59. The van der Waals surface area contributed by atoms with Gasteiger partial charge >= 0.3 is 0 Å². The highest BCUT2D eigenvalue weighted by atomic mass is 35.5. The average Bonchev–Trinajstić information content (AvgIpc) is 2.92. The highest BCUT2D eigenvalue weighted by molar-refractivity contribution is 6.33. The predicted octanol–water partition coefficient (Wildman–Crippen LogP) is 3.42. The number of nitrogens with one attached hydrogen (secondary N) is 1. The fourth-order valence-electron chi connectivity index (χ4n) is 1.86. The van der Waals surface area contributed by atoms with Gasteiger partial charge in [0.1, 0.15) is 0 Å². The van der Waals surface area contributed by atoms with E-state index in [1.165, 1.54) is 0 Å². The summed E-state index contributed by atoms with van der Waals surface area (Å²) in [5.74, 6) is 1.88. The molecule has 0 atom stereocenters. The lowest BCUT2D eigenvalue weighted by molar-refractivity contribution is 0.282. The molecule has 2 N–H and O–H groups in total. The molecular formula is C15H20ClN3O2. The van der Waals surface area contributed by atoms with Gasteiger partial charge in [0.15, 0.2) is 5.82 Å². The minimum Gasteiger partial charge on any atom is -0.392 e. The van der Waals surface area contributed by atoms with Crippen LogP contribution in [-0.4, -0.2) is 15.2 Å². The van der Waals surface area contributed by atoms with Gasteiger partial charge in [0.2, 0.25) is 5.89 Å². The maximum Gasteiger partial charge on any atom is 0.245 e. The van der Waals surface area contributed by atoms with Gasteiger partial charge in [-0.3, -0.25) is 0 Å². The van der Waals surface area contributed by atoms with Crippen LogP contribution >= 0.6 is 11.6 Å². The van der Waals surface area contributed by atoms with Gasteiger partial charge < -0.3 is 14.9 Å². The van der Waals surface area contributed by atoms with E-state index in [0.717, 1.165) is 29.9 Å². The lowest BCUT2D eigenvalue weighted by Crippen LogP contribution is -2.01. The first-order valence-electron chi connectivity index (χ1n) is 7.03. The molecule has 1 aromatic carbocycles. The number of anilines is 1. The van der Waals surface area contributed by atoms with E-state index in [2.05, 4.69) is 29.3 Å². The van der Waals surface area contributed by atoms with Crippen molar-refractivity contribution in [3.05, 3.63) is 40.5 Å². The molecule has 5 nitrogen and oxygen atoms in total. The third kappa shape index (κ3) is 4.72. The average molecular weight is 310 g/mol. The summed E-state index contributed by atoms with van der Waals surface area (Å²) in [6.07, 6.45) is 1.86. The van der Waals surface area contributed by atoms with Crippen molar-refractivity contribution in [2.24, 2.45) is 5.92 Å². The number of hydrogen-bond donors (Lipinski definition) is 2. The normalized spacial score (nSPS) is 11.1. The lowest BCUT2D eigenvalue weighted by Gasteiger charge is -2.07. The number of benzene rings is 1. The zero-order valence-electron chi connectivity index (χ0n) is 12.3. The molecule has 0 aliphatic rings. The number of aryl methyl sites for hydroxylation is 1. The van der Waals surface area contributed by atoms with Crippen LogP contribution in [0.3, 0.4) is 0 Å². The summed E-state index contributed by atoms with van der Waals surface area (Å²) < 4.78 is 5.20. The first-order chi connectivity index (χ1) is 10.1. The SMILES string of the molecule is CC(C)CCc1noc(CNc2cc(CO)ccc2Cl)n1. The molecule has 0 radical (unpaired) electrons. The highest BCUT2D eigenvalue weighted by Gasteiger charge is 2.08. The first kappa shape index (κ1) is 15.8. The van der Waals surface area contributed by atoms with Gasteiger partial charge in [-0.2, -0.15) is 4.98 Å². The molecule has 0 fully saturated rings. The third-order valence-electron chi connectivity index (χ3n) is 3.10. The number of halogens is 1. The van der Waals surface area contributed by atoms with E-state index in [-0.39, 0.29) is 6.61 Å². The van der Waals surface area contributed by atoms with Crippen LogP contribution in [0.5, 0.6) is 0 Å². The van der Waals surface area contributed by atoms with Crippen molar-refractivity contribution in [2.75, 3.05) is 5.32 Å². The van der Waals surface area contributed by atoms with Gasteiger partial charge in [-0.1, -0.05) is 36.7 Å². The second-order valence-corrected chi connectivity index (χ2v) is 5.77. The second kappa shape index (κ2) is 7.43. The van der Waals surface area contributed by atoms with Crippen LogP contribution in [0.4, 0.5) is 5.69 Å². The fraction of sp³-hybridized carbons (Fsp3) is 0.467. The molecule has 0 amide bonds. The van der Waals surface area contributed by atoms with Crippen LogP contribution < -0.4 is 5.32 Å². The van der Waals surface area contributed by atoms with Crippen LogP contribution in [0, 0.1) is 5.92 Å². The molecule has 0 unspecified atom stereocenters. The monoisotopic (exact) mass is 309 g/mol. The molecule has 1 heterocycles. The van der Waals surface area contributed by atoms with Crippen molar-refractivity contribution in [2.45, 2.75) is 39.8 Å².